The van der Waals surface area contributed by atoms with Crippen LogP contribution in [0.4, 0.5) is 0 Å². The van der Waals surface area contributed by atoms with Crippen molar-refractivity contribution in [2.75, 3.05) is 7.11 Å². The number of aromatic nitrogens is 2. The van der Waals surface area contributed by atoms with Crippen molar-refractivity contribution >= 4 is 34.3 Å². The molecule has 3 aromatic carbocycles. The Morgan fingerprint density at radius 1 is 1.10 bits per heavy atom. The van der Waals surface area contributed by atoms with Gasteiger partial charge in [0, 0.05) is 5.02 Å². The molecule has 0 amide bonds. The van der Waals surface area contributed by atoms with Crippen LogP contribution in [-0.2, 0) is 6.61 Å². The second kappa shape index (κ2) is 8.73. The Morgan fingerprint density at radius 2 is 1.97 bits per heavy atom. The molecule has 4 aromatic rings. The second-order valence-electron chi connectivity index (χ2n) is 6.60. The van der Waals surface area contributed by atoms with Crippen molar-refractivity contribution in [3.05, 3.63) is 88.7 Å². The number of nitriles is 1. The lowest BCUT2D eigenvalue weighted by Crippen LogP contribution is -1.98. The normalized spacial score (nSPS) is 11.3. The van der Waals surface area contributed by atoms with Gasteiger partial charge < -0.3 is 14.5 Å². The number of benzene rings is 3. The van der Waals surface area contributed by atoms with E-state index in [1.54, 1.807) is 13.2 Å². The zero-order valence-corrected chi connectivity index (χ0v) is 17.0. The fraction of sp³-hybridized carbons (Fsp3) is 0.0833. The maximum Gasteiger partial charge on any atom is 0.161 e. The number of nitrogens with zero attached hydrogens (tertiary/aromatic N) is 2. The summed E-state index contributed by atoms with van der Waals surface area (Å²) in [6.07, 6.45) is 1.76. The van der Waals surface area contributed by atoms with E-state index < -0.39 is 0 Å². The van der Waals surface area contributed by atoms with Crippen molar-refractivity contribution in [3.63, 3.8) is 0 Å². The number of ether oxygens (including phenoxy) is 2. The van der Waals surface area contributed by atoms with Crippen molar-refractivity contribution in [3.8, 4) is 17.6 Å². The van der Waals surface area contributed by atoms with E-state index in [-0.39, 0.29) is 0 Å². The van der Waals surface area contributed by atoms with Gasteiger partial charge in [-0.05, 0) is 53.6 Å². The number of para-hydroxylation sites is 2. The summed E-state index contributed by atoms with van der Waals surface area (Å²) in [5.74, 6) is 1.71. The van der Waals surface area contributed by atoms with E-state index in [9.17, 15) is 5.26 Å². The molecule has 0 unspecified atom stereocenters. The van der Waals surface area contributed by atoms with Crippen LogP contribution in [0.1, 0.15) is 17.0 Å². The van der Waals surface area contributed by atoms with Crippen LogP contribution in [0.3, 0.4) is 0 Å². The van der Waals surface area contributed by atoms with Gasteiger partial charge in [-0.15, -0.1) is 0 Å². The molecule has 0 spiro atoms. The highest BCUT2D eigenvalue weighted by molar-refractivity contribution is 6.30. The maximum atomic E-state index is 9.63. The summed E-state index contributed by atoms with van der Waals surface area (Å²) in [6.45, 7) is 0.370. The first-order chi connectivity index (χ1) is 14.7. The molecule has 0 bridgehead atoms. The second-order valence-corrected chi connectivity index (χ2v) is 7.04. The third-order valence-electron chi connectivity index (χ3n) is 4.55. The van der Waals surface area contributed by atoms with Crippen molar-refractivity contribution in [1.29, 1.82) is 5.26 Å². The Labute approximate surface area is 179 Å². The highest BCUT2D eigenvalue weighted by Gasteiger charge is 2.10. The molecule has 0 radical (unpaired) electrons. The summed E-state index contributed by atoms with van der Waals surface area (Å²) in [5.41, 5.74) is 3.90. The molecule has 1 heterocycles. The Morgan fingerprint density at radius 3 is 2.73 bits per heavy atom. The number of H-pyrrole nitrogens is 1. The van der Waals surface area contributed by atoms with E-state index in [4.69, 9.17) is 21.1 Å². The molecule has 0 atom stereocenters. The smallest absolute Gasteiger partial charge is 0.161 e. The molecular formula is C24H18ClN3O2. The fourth-order valence-electron chi connectivity index (χ4n) is 3.08. The van der Waals surface area contributed by atoms with Crippen LogP contribution in [-0.4, -0.2) is 17.1 Å². The van der Waals surface area contributed by atoms with Crippen molar-refractivity contribution < 1.29 is 9.47 Å². The third-order valence-corrected chi connectivity index (χ3v) is 4.78. The van der Waals surface area contributed by atoms with Crippen LogP contribution in [0, 0.1) is 11.3 Å². The molecule has 6 heteroatoms. The van der Waals surface area contributed by atoms with Gasteiger partial charge in [0.25, 0.3) is 0 Å². The van der Waals surface area contributed by atoms with E-state index in [2.05, 4.69) is 16.0 Å². The first kappa shape index (κ1) is 19.6. The molecule has 4 rings (SSSR count). The molecule has 0 aliphatic heterocycles. The molecule has 5 nitrogen and oxygen atoms in total. The van der Waals surface area contributed by atoms with E-state index in [0.717, 1.165) is 22.2 Å². The zero-order chi connectivity index (χ0) is 20.9. The fourth-order valence-corrected chi connectivity index (χ4v) is 3.29. The first-order valence-corrected chi connectivity index (χ1v) is 9.66. The SMILES string of the molecule is COc1cc(/C=C(\C#N)c2nc3ccccc3[nH]2)ccc1OCc1cccc(Cl)c1. The van der Waals surface area contributed by atoms with Crippen LogP contribution < -0.4 is 9.47 Å². The van der Waals surface area contributed by atoms with Crippen molar-refractivity contribution in [2.24, 2.45) is 0 Å². The lowest BCUT2D eigenvalue weighted by molar-refractivity contribution is 0.284. The molecule has 0 aliphatic rings. The average molecular weight is 416 g/mol. The van der Waals surface area contributed by atoms with Gasteiger partial charge in [-0.25, -0.2) is 4.98 Å². The van der Waals surface area contributed by atoms with Gasteiger partial charge in [-0.1, -0.05) is 41.9 Å². The number of halogens is 1. The minimum absolute atomic E-state index is 0.370. The highest BCUT2D eigenvalue weighted by Crippen LogP contribution is 2.30. The standard InChI is InChI=1S/C24H18ClN3O2/c1-29-23-13-16(9-10-22(23)30-15-17-5-4-6-19(25)12-17)11-18(14-26)24-27-20-7-2-3-8-21(20)28-24/h2-13H,15H2,1H3,(H,27,28)/b18-11+. The van der Waals surface area contributed by atoms with Gasteiger partial charge in [-0.3, -0.25) is 0 Å². The average Bonchev–Trinajstić information content (AvgIpc) is 3.20. The van der Waals surface area contributed by atoms with Gasteiger partial charge in [0.15, 0.2) is 11.5 Å². The van der Waals surface area contributed by atoms with E-state index in [1.165, 1.54) is 0 Å². The molecule has 30 heavy (non-hydrogen) atoms. The lowest BCUT2D eigenvalue weighted by atomic mass is 10.1. The van der Waals surface area contributed by atoms with E-state index in [1.807, 2.05) is 66.7 Å². The molecule has 0 aliphatic carbocycles. The molecule has 1 N–H and O–H groups in total. The van der Waals surface area contributed by atoms with Crippen LogP contribution in [0.25, 0.3) is 22.7 Å². The van der Waals surface area contributed by atoms with E-state index >= 15 is 0 Å². The number of nitrogens with one attached hydrogen (secondary N) is 1. The monoisotopic (exact) mass is 415 g/mol. The number of hydrogen-bond acceptors (Lipinski definition) is 4. The Kier molecular flexibility index (Phi) is 5.69. The number of allylic oxidation sites excluding steroid dienone is 1. The largest absolute Gasteiger partial charge is 0.493 e. The number of rotatable bonds is 6. The topological polar surface area (TPSA) is 70.9 Å². The number of methoxy groups -OCH3 is 1. The maximum absolute atomic E-state index is 9.63. The van der Waals surface area contributed by atoms with Crippen molar-refractivity contribution in [2.45, 2.75) is 6.61 Å². The summed E-state index contributed by atoms with van der Waals surface area (Å²) in [6, 6.07) is 22.9. The highest BCUT2D eigenvalue weighted by atomic mass is 35.5. The summed E-state index contributed by atoms with van der Waals surface area (Å²) in [7, 11) is 1.58. The first-order valence-electron chi connectivity index (χ1n) is 9.28. The summed E-state index contributed by atoms with van der Waals surface area (Å²) >= 11 is 6.02. The van der Waals surface area contributed by atoms with Gasteiger partial charge in [0.1, 0.15) is 18.5 Å². The number of aromatic amines is 1. The van der Waals surface area contributed by atoms with Crippen LogP contribution >= 0.6 is 11.6 Å². The number of imidazole rings is 1. The quantitative estimate of drug-likeness (QED) is 0.400. The van der Waals surface area contributed by atoms with Gasteiger partial charge in [0.05, 0.1) is 23.7 Å². The Bertz CT molecular complexity index is 1240. The minimum Gasteiger partial charge on any atom is -0.493 e. The Balaban J connectivity index is 1.58. The van der Waals surface area contributed by atoms with Gasteiger partial charge in [-0.2, -0.15) is 5.26 Å². The predicted octanol–water partition coefficient (Wildman–Crippen LogP) is 5.87. The summed E-state index contributed by atoms with van der Waals surface area (Å²) in [5, 5.41) is 10.3. The third kappa shape index (κ3) is 4.29. The van der Waals surface area contributed by atoms with Crippen LogP contribution in [0.15, 0.2) is 66.7 Å². The summed E-state index contributed by atoms with van der Waals surface area (Å²) in [4.78, 5) is 7.68. The molecule has 148 valence electrons. The number of fused-ring (bicyclic) bond motifs is 1. The predicted molar refractivity (Wildman–Crippen MR) is 118 cm³/mol. The van der Waals surface area contributed by atoms with E-state index in [0.29, 0.717) is 34.5 Å². The van der Waals surface area contributed by atoms with Gasteiger partial charge >= 0.3 is 0 Å². The molecule has 0 fully saturated rings. The molecule has 1 aromatic heterocycles. The molecular weight excluding hydrogens is 398 g/mol. The lowest BCUT2D eigenvalue weighted by Gasteiger charge is -2.11. The van der Waals surface area contributed by atoms with Crippen molar-refractivity contribution in [1.82, 2.24) is 9.97 Å². The summed E-state index contributed by atoms with van der Waals surface area (Å²) < 4.78 is 11.4. The molecule has 0 saturated carbocycles. The Hall–Kier alpha value is -3.75. The molecule has 0 saturated heterocycles. The van der Waals surface area contributed by atoms with Crippen LogP contribution in [0.5, 0.6) is 11.5 Å². The minimum atomic E-state index is 0.370. The number of hydrogen-bond donors (Lipinski definition) is 1. The zero-order valence-electron chi connectivity index (χ0n) is 16.2. The van der Waals surface area contributed by atoms with Crippen LogP contribution in [0.2, 0.25) is 5.02 Å². The van der Waals surface area contributed by atoms with Gasteiger partial charge in [0.2, 0.25) is 0 Å².